The standard InChI is InChI=1S/C19H23N3O3/c1-13-15(21-11-20-13)9-22-10-19(2,6-5-18(22)23)8-14-3-4-16-17(7-14)25-12-24-16/h3-4,7,11H,5-6,8-10,12H2,1-2H3,(H,20,21)/t19-/m1/s1. The van der Waals surface area contributed by atoms with Gasteiger partial charge in [-0.3, -0.25) is 4.79 Å². The van der Waals surface area contributed by atoms with Crippen LogP contribution in [0.15, 0.2) is 24.5 Å². The van der Waals surface area contributed by atoms with Crippen molar-refractivity contribution in [3.8, 4) is 11.5 Å². The van der Waals surface area contributed by atoms with Crippen molar-refractivity contribution in [3.63, 3.8) is 0 Å². The Morgan fingerprint density at radius 1 is 1.32 bits per heavy atom. The number of carbonyl (C=O) groups excluding carboxylic acids is 1. The number of rotatable bonds is 4. The highest BCUT2D eigenvalue weighted by molar-refractivity contribution is 5.77. The molecule has 0 saturated carbocycles. The minimum absolute atomic E-state index is 0.0474. The lowest BCUT2D eigenvalue weighted by molar-refractivity contribution is -0.138. The van der Waals surface area contributed by atoms with Crippen molar-refractivity contribution in [2.75, 3.05) is 13.3 Å². The zero-order valence-corrected chi connectivity index (χ0v) is 14.7. The molecule has 132 valence electrons. The van der Waals surface area contributed by atoms with Gasteiger partial charge in [0.25, 0.3) is 0 Å². The van der Waals surface area contributed by atoms with Crippen LogP contribution in [0.4, 0.5) is 0 Å². The maximum atomic E-state index is 12.4. The second kappa shape index (κ2) is 6.10. The Labute approximate surface area is 147 Å². The maximum Gasteiger partial charge on any atom is 0.231 e. The number of aryl methyl sites for hydroxylation is 1. The summed E-state index contributed by atoms with van der Waals surface area (Å²) in [5.41, 5.74) is 3.24. The lowest BCUT2D eigenvalue weighted by atomic mass is 9.76. The molecule has 0 bridgehead atoms. The van der Waals surface area contributed by atoms with Crippen LogP contribution in [0.2, 0.25) is 0 Å². The van der Waals surface area contributed by atoms with E-state index in [0.717, 1.165) is 42.3 Å². The van der Waals surface area contributed by atoms with Crippen LogP contribution in [0.1, 0.15) is 36.7 Å². The van der Waals surface area contributed by atoms with Gasteiger partial charge in [0.1, 0.15) is 0 Å². The third-order valence-corrected chi connectivity index (χ3v) is 5.21. The number of benzene rings is 1. The van der Waals surface area contributed by atoms with E-state index < -0.39 is 0 Å². The normalized spacial score (nSPS) is 22.5. The maximum absolute atomic E-state index is 12.4. The zero-order valence-electron chi connectivity index (χ0n) is 14.7. The molecule has 0 aliphatic carbocycles. The van der Waals surface area contributed by atoms with Crippen LogP contribution < -0.4 is 9.47 Å². The molecule has 0 unspecified atom stereocenters. The number of carbonyl (C=O) groups is 1. The molecule has 1 aromatic heterocycles. The van der Waals surface area contributed by atoms with Crippen molar-refractivity contribution < 1.29 is 14.3 Å². The Bertz CT molecular complexity index is 801. The van der Waals surface area contributed by atoms with E-state index in [1.54, 1.807) is 6.33 Å². The van der Waals surface area contributed by atoms with Gasteiger partial charge in [0.2, 0.25) is 12.7 Å². The summed E-state index contributed by atoms with van der Waals surface area (Å²) in [6.07, 6.45) is 4.08. The number of hydrogen-bond donors (Lipinski definition) is 1. The van der Waals surface area contributed by atoms with Gasteiger partial charge in [-0.2, -0.15) is 0 Å². The first kappa shape index (κ1) is 16.0. The molecule has 6 heteroatoms. The summed E-state index contributed by atoms with van der Waals surface area (Å²) in [5, 5.41) is 0. The summed E-state index contributed by atoms with van der Waals surface area (Å²) in [5.74, 6) is 1.84. The van der Waals surface area contributed by atoms with Gasteiger partial charge < -0.3 is 19.4 Å². The number of H-pyrrole nitrogens is 1. The number of fused-ring (bicyclic) bond motifs is 1. The van der Waals surface area contributed by atoms with E-state index in [1.165, 1.54) is 5.56 Å². The molecule has 2 aliphatic heterocycles. The van der Waals surface area contributed by atoms with Gasteiger partial charge in [-0.25, -0.2) is 4.98 Å². The molecule has 1 atom stereocenters. The predicted molar refractivity (Wildman–Crippen MR) is 92.4 cm³/mol. The fraction of sp³-hybridized carbons (Fsp3) is 0.474. The number of imidazole rings is 1. The molecule has 1 saturated heterocycles. The molecule has 3 heterocycles. The summed E-state index contributed by atoms with van der Waals surface area (Å²) in [6.45, 7) is 5.86. The zero-order chi connectivity index (χ0) is 17.4. The van der Waals surface area contributed by atoms with Crippen molar-refractivity contribution in [3.05, 3.63) is 41.5 Å². The molecule has 0 spiro atoms. The Hall–Kier alpha value is -2.50. The quantitative estimate of drug-likeness (QED) is 0.928. The van der Waals surface area contributed by atoms with Crippen LogP contribution in [0.25, 0.3) is 0 Å². The monoisotopic (exact) mass is 341 g/mol. The topological polar surface area (TPSA) is 67.5 Å². The largest absolute Gasteiger partial charge is 0.454 e. The fourth-order valence-corrected chi connectivity index (χ4v) is 3.75. The van der Waals surface area contributed by atoms with Crippen LogP contribution >= 0.6 is 0 Å². The third-order valence-electron chi connectivity index (χ3n) is 5.21. The third kappa shape index (κ3) is 3.21. The summed E-state index contributed by atoms with van der Waals surface area (Å²) in [4.78, 5) is 21.7. The fourth-order valence-electron chi connectivity index (χ4n) is 3.75. The van der Waals surface area contributed by atoms with Crippen molar-refractivity contribution >= 4 is 5.91 Å². The molecule has 4 rings (SSSR count). The summed E-state index contributed by atoms with van der Waals surface area (Å²) in [6, 6.07) is 6.13. The van der Waals surface area contributed by atoms with Gasteiger partial charge in [0.05, 0.1) is 18.6 Å². The molecule has 6 nitrogen and oxygen atoms in total. The Morgan fingerprint density at radius 2 is 2.16 bits per heavy atom. The molecule has 1 amide bonds. The molecular formula is C19H23N3O3. The summed E-state index contributed by atoms with van der Waals surface area (Å²) >= 11 is 0. The second-order valence-corrected chi connectivity index (χ2v) is 7.40. The van der Waals surface area contributed by atoms with E-state index in [1.807, 2.05) is 17.9 Å². The Kier molecular flexibility index (Phi) is 3.90. The first-order valence-electron chi connectivity index (χ1n) is 8.68. The van der Waals surface area contributed by atoms with Gasteiger partial charge in [-0.05, 0) is 42.9 Å². The van der Waals surface area contributed by atoms with Crippen molar-refractivity contribution in [2.24, 2.45) is 5.41 Å². The lowest BCUT2D eigenvalue weighted by Gasteiger charge is -2.40. The number of amides is 1. The van der Waals surface area contributed by atoms with Crippen LogP contribution in [-0.2, 0) is 17.8 Å². The van der Waals surface area contributed by atoms with Gasteiger partial charge >= 0.3 is 0 Å². The SMILES string of the molecule is Cc1[nH]cnc1CN1C[C@@](C)(Cc2ccc3c(c2)OCO3)CCC1=O. The number of nitrogens with one attached hydrogen (secondary N) is 1. The molecular weight excluding hydrogens is 318 g/mol. The minimum Gasteiger partial charge on any atom is -0.454 e. The molecule has 1 aromatic carbocycles. The molecule has 1 N–H and O–H groups in total. The summed E-state index contributed by atoms with van der Waals surface area (Å²) in [7, 11) is 0. The van der Waals surface area contributed by atoms with E-state index in [2.05, 4.69) is 29.0 Å². The number of likely N-dealkylation sites (tertiary alicyclic amines) is 1. The van der Waals surface area contributed by atoms with Gasteiger partial charge in [0.15, 0.2) is 11.5 Å². The highest BCUT2D eigenvalue weighted by Crippen LogP contribution is 2.38. The van der Waals surface area contributed by atoms with E-state index in [9.17, 15) is 4.79 Å². The smallest absolute Gasteiger partial charge is 0.231 e. The van der Waals surface area contributed by atoms with E-state index in [4.69, 9.17) is 9.47 Å². The number of hydrogen-bond acceptors (Lipinski definition) is 4. The van der Waals surface area contributed by atoms with Crippen LogP contribution in [0.3, 0.4) is 0 Å². The van der Waals surface area contributed by atoms with Gasteiger partial charge in [-0.15, -0.1) is 0 Å². The highest BCUT2D eigenvalue weighted by atomic mass is 16.7. The van der Waals surface area contributed by atoms with Crippen LogP contribution in [0, 0.1) is 12.3 Å². The van der Waals surface area contributed by atoms with E-state index >= 15 is 0 Å². The van der Waals surface area contributed by atoms with E-state index in [0.29, 0.717) is 19.8 Å². The first-order chi connectivity index (χ1) is 12.0. The first-order valence-corrected chi connectivity index (χ1v) is 8.68. The number of nitrogens with zero attached hydrogens (tertiary/aromatic N) is 2. The van der Waals surface area contributed by atoms with E-state index in [-0.39, 0.29) is 11.3 Å². The van der Waals surface area contributed by atoms with Crippen molar-refractivity contribution in [1.29, 1.82) is 0 Å². The Balaban J connectivity index is 1.49. The Morgan fingerprint density at radius 3 is 2.96 bits per heavy atom. The van der Waals surface area contributed by atoms with Crippen molar-refractivity contribution in [1.82, 2.24) is 14.9 Å². The molecule has 2 aliphatic rings. The second-order valence-electron chi connectivity index (χ2n) is 7.40. The lowest BCUT2D eigenvalue weighted by Crippen LogP contribution is -2.45. The average molecular weight is 341 g/mol. The number of aromatic amines is 1. The van der Waals surface area contributed by atoms with Gasteiger partial charge in [0, 0.05) is 18.7 Å². The van der Waals surface area contributed by atoms with Gasteiger partial charge in [-0.1, -0.05) is 13.0 Å². The van der Waals surface area contributed by atoms with Crippen LogP contribution in [0.5, 0.6) is 11.5 Å². The highest BCUT2D eigenvalue weighted by Gasteiger charge is 2.35. The summed E-state index contributed by atoms with van der Waals surface area (Å²) < 4.78 is 10.9. The molecule has 25 heavy (non-hydrogen) atoms. The average Bonchev–Trinajstić information content (AvgIpc) is 3.20. The number of aromatic nitrogens is 2. The van der Waals surface area contributed by atoms with Crippen LogP contribution in [-0.4, -0.2) is 34.1 Å². The molecule has 1 fully saturated rings. The predicted octanol–water partition coefficient (Wildman–Crippen LogP) is 2.82. The molecule has 0 radical (unpaired) electrons. The number of piperidine rings is 1. The minimum atomic E-state index is 0.0474. The number of ether oxygens (including phenoxy) is 2. The molecule has 2 aromatic rings. The van der Waals surface area contributed by atoms with Crippen molar-refractivity contribution in [2.45, 2.75) is 39.7 Å².